The van der Waals surface area contributed by atoms with E-state index in [9.17, 15) is 9.90 Å². The Hall–Kier alpha value is -2.36. The summed E-state index contributed by atoms with van der Waals surface area (Å²) >= 11 is 0. The number of aromatic carboxylic acids is 1. The van der Waals surface area contributed by atoms with E-state index in [1.165, 1.54) is 18.3 Å². The van der Waals surface area contributed by atoms with Crippen molar-refractivity contribution in [1.82, 2.24) is 4.98 Å². The van der Waals surface area contributed by atoms with Gasteiger partial charge >= 0.3 is 0 Å². The van der Waals surface area contributed by atoms with E-state index in [2.05, 4.69) is 4.98 Å². The molecular formula is C12H8NO3-. The van der Waals surface area contributed by atoms with Gasteiger partial charge in [-0.1, -0.05) is 18.2 Å². The zero-order valence-electron chi connectivity index (χ0n) is 8.29. The Balaban J connectivity index is 2.31. The molecule has 4 nitrogen and oxygen atoms in total. The van der Waals surface area contributed by atoms with Crippen molar-refractivity contribution >= 4 is 5.97 Å². The molecule has 1 heterocycles. The Labute approximate surface area is 92.1 Å². The molecule has 0 fully saturated rings. The standard InChI is InChI=1S/C12H9NO3/c14-12(15)10-7-4-8-13-11(10)16-9-5-2-1-3-6-9/h1-8H,(H,14,15)/p-1. The molecule has 0 bridgehead atoms. The van der Waals surface area contributed by atoms with Gasteiger partial charge in [-0.05, 0) is 24.3 Å². The molecule has 0 radical (unpaired) electrons. The van der Waals surface area contributed by atoms with Gasteiger partial charge in [0.2, 0.25) is 5.88 Å². The first-order valence-corrected chi connectivity index (χ1v) is 4.66. The number of hydrogen-bond donors (Lipinski definition) is 0. The smallest absolute Gasteiger partial charge is 0.228 e. The van der Waals surface area contributed by atoms with Crippen LogP contribution in [0.3, 0.4) is 0 Å². The van der Waals surface area contributed by atoms with Crippen LogP contribution in [0.25, 0.3) is 0 Å². The lowest BCUT2D eigenvalue weighted by Crippen LogP contribution is -2.23. The van der Waals surface area contributed by atoms with Gasteiger partial charge in [0.25, 0.3) is 0 Å². The maximum atomic E-state index is 10.8. The monoisotopic (exact) mass is 214 g/mol. The molecule has 4 heteroatoms. The molecule has 0 amide bonds. The van der Waals surface area contributed by atoms with E-state index in [-0.39, 0.29) is 11.4 Å². The third-order valence-corrected chi connectivity index (χ3v) is 1.95. The van der Waals surface area contributed by atoms with Crippen LogP contribution < -0.4 is 9.84 Å². The summed E-state index contributed by atoms with van der Waals surface area (Å²) in [4.78, 5) is 14.6. The van der Waals surface area contributed by atoms with Gasteiger partial charge in [0.15, 0.2) is 0 Å². The second-order valence-electron chi connectivity index (χ2n) is 3.06. The number of benzene rings is 1. The fraction of sp³-hybridized carbons (Fsp3) is 0. The summed E-state index contributed by atoms with van der Waals surface area (Å²) in [7, 11) is 0. The van der Waals surface area contributed by atoms with E-state index in [0.717, 1.165) is 0 Å². The average molecular weight is 214 g/mol. The summed E-state index contributed by atoms with van der Waals surface area (Å²) in [6.45, 7) is 0. The summed E-state index contributed by atoms with van der Waals surface area (Å²) in [5.41, 5.74) is -0.0636. The number of carboxylic acid groups (broad SMARTS) is 1. The van der Waals surface area contributed by atoms with Crippen LogP contribution in [-0.2, 0) is 0 Å². The van der Waals surface area contributed by atoms with E-state index in [4.69, 9.17) is 4.74 Å². The number of carbonyl (C=O) groups excluding carboxylic acids is 1. The highest BCUT2D eigenvalue weighted by Crippen LogP contribution is 2.21. The van der Waals surface area contributed by atoms with Gasteiger partial charge in [0.05, 0.1) is 11.5 Å². The Morgan fingerprint density at radius 1 is 1.12 bits per heavy atom. The van der Waals surface area contributed by atoms with E-state index < -0.39 is 5.97 Å². The second-order valence-corrected chi connectivity index (χ2v) is 3.06. The van der Waals surface area contributed by atoms with Crippen LogP contribution in [0.4, 0.5) is 0 Å². The van der Waals surface area contributed by atoms with Crippen molar-refractivity contribution in [3.05, 3.63) is 54.2 Å². The highest BCUT2D eigenvalue weighted by molar-refractivity contribution is 5.88. The zero-order valence-corrected chi connectivity index (χ0v) is 8.29. The van der Waals surface area contributed by atoms with Gasteiger partial charge in [-0.3, -0.25) is 0 Å². The van der Waals surface area contributed by atoms with Gasteiger partial charge in [0.1, 0.15) is 5.75 Å². The third-order valence-electron chi connectivity index (χ3n) is 1.95. The second kappa shape index (κ2) is 4.44. The number of nitrogens with zero attached hydrogens (tertiary/aromatic N) is 1. The lowest BCUT2D eigenvalue weighted by molar-refractivity contribution is -0.255. The Bertz CT molecular complexity index is 497. The third kappa shape index (κ3) is 2.17. The Morgan fingerprint density at radius 3 is 2.56 bits per heavy atom. The van der Waals surface area contributed by atoms with Gasteiger partial charge in [-0.15, -0.1) is 0 Å². The average Bonchev–Trinajstić information content (AvgIpc) is 2.31. The number of pyridine rings is 1. The summed E-state index contributed by atoms with van der Waals surface area (Å²) < 4.78 is 5.34. The van der Waals surface area contributed by atoms with E-state index >= 15 is 0 Å². The number of para-hydroxylation sites is 1. The molecule has 2 aromatic rings. The molecule has 0 aliphatic rings. The molecule has 0 aliphatic carbocycles. The molecule has 80 valence electrons. The van der Waals surface area contributed by atoms with Gasteiger partial charge in [0, 0.05) is 6.20 Å². The molecule has 0 unspecified atom stereocenters. The van der Waals surface area contributed by atoms with Gasteiger partial charge in [-0.25, -0.2) is 4.98 Å². The van der Waals surface area contributed by atoms with Crippen molar-refractivity contribution in [2.75, 3.05) is 0 Å². The number of hydrogen-bond acceptors (Lipinski definition) is 4. The van der Waals surface area contributed by atoms with Crippen molar-refractivity contribution in [2.24, 2.45) is 0 Å². The highest BCUT2D eigenvalue weighted by atomic mass is 16.5. The quantitative estimate of drug-likeness (QED) is 0.771. The lowest BCUT2D eigenvalue weighted by atomic mass is 10.3. The number of carbonyl (C=O) groups is 1. The first kappa shape index (κ1) is 10.2. The molecular weight excluding hydrogens is 206 g/mol. The molecule has 0 N–H and O–H groups in total. The summed E-state index contributed by atoms with van der Waals surface area (Å²) in [6.07, 6.45) is 1.46. The molecule has 0 aliphatic heterocycles. The summed E-state index contributed by atoms with van der Waals surface area (Å²) in [5, 5.41) is 10.8. The maximum Gasteiger partial charge on any atom is 0.228 e. The minimum atomic E-state index is -1.31. The lowest BCUT2D eigenvalue weighted by Gasteiger charge is -2.09. The predicted molar refractivity (Wildman–Crippen MR) is 55.1 cm³/mol. The molecule has 0 saturated carbocycles. The van der Waals surface area contributed by atoms with E-state index in [0.29, 0.717) is 5.75 Å². The van der Waals surface area contributed by atoms with Crippen LogP contribution >= 0.6 is 0 Å². The summed E-state index contributed by atoms with van der Waals surface area (Å²) in [5.74, 6) is -0.739. The van der Waals surface area contributed by atoms with Crippen molar-refractivity contribution in [3.63, 3.8) is 0 Å². The molecule has 0 spiro atoms. The fourth-order valence-corrected chi connectivity index (χ4v) is 1.23. The highest BCUT2D eigenvalue weighted by Gasteiger charge is 2.05. The van der Waals surface area contributed by atoms with Crippen LogP contribution in [0.5, 0.6) is 11.6 Å². The fourth-order valence-electron chi connectivity index (χ4n) is 1.23. The topological polar surface area (TPSA) is 62.2 Å². The summed E-state index contributed by atoms with van der Waals surface area (Å²) in [6, 6.07) is 11.8. The number of aromatic nitrogens is 1. The van der Waals surface area contributed by atoms with E-state index in [1.54, 1.807) is 24.3 Å². The number of ether oxygens (including phenoxy) is 1. The van der Waals surface area contributed by atoms with Crippen molar-refractivity contribution in [1.29, 1.82) is 0 Å². The normalized spacial score (nSPS) is 9.75. The van der Waals surface area contributed by atoms with Crippen LogP contribution in [0.15, 0.2) is 48.7 Å². The molecule has 2 rings (SSSR count). The SMILES string of the molecule is O=C([O-])c1cccnc1Oc1ccccc1. The zero-order chi connectivity index (χ0) is 11.4. The van der Waals surface area contributed by atoms with Crippen molar-refractivity contribution in [2.45, 2.75) is 0 Å². The molecule has 16 heavy (non-hydrogen) atoms. The molecule has 1 aromatic carbocycles. The van der Waals surface area contributed by atoms with Crippen LogP contribution in [-0.4, -0.2) is 11.0 Å². The maximum absolute atomic E-state index is 10.8. The molecule has 1 aromatic heterocycles. The molecule has 0 saturated heterocycles. The largest absolute Gasteiger partial charge is 0.545 e. The predicted octanol–water partition coefficient (Wildman–Crippen LogP) is 1.24. The first-order chi connectivity index (χ1) is 7.77. The van der Waals surface area contributed by atoms with Crippen LogP contribution in [0.1, 0.15) is 10.4 Å². The number of rotatable bonds is 3. The minimum Gasteiger partial charge on any atom is -0.545 e. The molecule has 0 atom stereocenters. The first-order valence-electron chi connectivity index (χ1n) is 4.66. The van der Waals surface area contributed by atoms with Crippen molar-refractivity contribution in [3.8, 4) is 11.6 Å². The Kier molecular flexibility index (Phi) is 2.82. The Morgan fingerprint density at radius 2 is 1.88 bits per heavy atom. The number of carboxylic acids is 1. The van der Waals surface area contributed by atoms with E-state index in [1.807, 2.05) is 6.07 Å². The van der Waals surface area contributed by atoms with Crippen LogP contribution in [0.2, 0.25) is 0 Å². The van der Waals surface area contributed by atoms with Gasteiger partial charge < -0.3 is 14.6 Å². The minimum absolute atomic E-state index is 0.0358. The van der Waals surface area contributed by atoms with Gasteiger partial charge in [-0.2, -0.15) is 0 Å². The van der Waals surface area contributed by atoms with Crippen molar-refractivity contribution < 1.29 is 14.6 Å². The van der Waals surface area contributed by atoms with Crippen LogP contribution in [0, 0.1) is 0 Å².